The van der Waals surface area contributed by atoms with Crippen LogP contribution >= 0.6 is 0 Å². The average molecular weight is 250 g/mol. The first-order valence-corrected chi connectivity index (χ1v) is 6.60. The molecule has 5 nitrogen and oxygen atoms in total. The Morgan fingerprint density at radius 1 is 1.50 bits per heavy atom. The van der Waals surface area contributed by atoms with Gasteiger partial charge >= 0.3 is 5.97 Å². The normalized spacial score (nSPS) is 26.6. The van der Waals surface area contributed by atoms with Crippen LogP contribution in [0, 0.1) is 0 Å². The highest BCUT2D eigenvalue weighted by Gasteiger charge is 2.40. The lowest BCUT2D eigenvalue weighted by Gasteiger charge is -2.38. The Bertz CT molecular complexity index is 449. The van der Waals surface area contributed by atoms with E-state index in [1.54, 1.807) is 6.20 Å². The Labute approximate surface area is 106 Å². The molecule has 1 spiro atoms. The van der Waals surface area contributed by atoms with E-state index in [9.17, 15) is 4.79 Å². The number of carboxylic acids is 1. The highest BCUT2D eigenvalue weighted by molar-refractivity contribution is 5.86. The number of rotatable bonds is 2. The molecular weight excluding hydrogens is 232 g/mol. The van der Waals surface area contributed by atoms with Gasteiger partial charge in [0.2, 0.25) is 0 Å². The van der Waals surface area contributed by atoms with Crippen molar-refractivity contribution in [3.05, 3.63) is 18.0 Å². The molecule has 2 heterocycles. The van der Waals surface area contributed by atoms with Gasteiger partial charge in [0.1, 0.15) is 0 Å². The monoisotopic (exact) mass is 250 g/mol. The Hall–Kier alpha value is -1.36. The first-order chi connectivity index (χ1) is 8.69. The molecule has 98 valence electrons. The molecule has 3 rings (SSSR count). The van der Waals surface area contributed by atoms with Crippen LogP contribution in [-0.2, 0) is 4.74 Å². The molecular formula is C13H18N2O3. The summed E-state index contributed by atoms with van der Waals surface area (Å²) in [6.07, 6.45) is 9.71. The van der Waals surface area contributed by atoms with Gasteiger partial charge in [0, 0.05) is 12.8 Å². The second-order valence-electron chi connectivity index (χ2n) is 5.40. The van der Waals surface area contributed by atoms with Gasteiger partial charge in [-0.15, -0.1) is 0 Å². The topological polar surface area (TPSA) is 64.3 Å². The Kier molecular flexibility index (Phi) is 2.86. The minimum absolute atomic E-state index is 0.0399. The van der Waals surface area contributed by atoms with Gasteiger partial charge in [-0.05, 0) is 25.7 Å². The fourth-order valence-corrected chi connectivity index (χ4v) is 3.24. The molecule has 1 aliphatic carbocycles. The molecule has 1 N–H and O–H groups in total. The predicted molar refractivity (Wildman–Crippen MR) is 64.6 cm³/mol. The molecule has 1 atom stereocenters. The van der Waals surface area contributed by atoms with Crippen LogP contribution in [0.5, 0.6) is 0 Å². The van der Waals surface area contributed by atoms with E-state index in [0.29, 0.717) is 0 Å². The summed E-state index contributed by atoms with van der Waals surface area (Å²) >= 11 is 0. The van der Waals surface area contributed by atoms with Gasteiger partial charge in [-0.25, -0.2) is 4.79 Å². The first kappa shape index (κ1) is 11.7. The summed E-state index contributed by atoms with van der Waals surface area (Å²) in [7, 11) is 0. The van der Waals surface area contributed by atoms with Crippen molar-refractivity contribution < 1.29 is 14.6 Å². The zero-order chi connectivity index (χ0) is 12.6. The minimum Gasteiger partial charge on any atom is -0.478 e. The highest BCUT2D eigenvalue weighted by Crippen LogP contribution is 2.43. The third-order valence-electron chi connectivity index (χ3n) is 4.20. The maximum atomic E-state index is 10.9. The smallest absolute Gasteiger partial charge is 0.338 e. The Morgan fingerprint density at radius 2 is 2.28 bits per heavy atom. The molecule has 1 saturated heterocycles. The maximum absolute atomic E-state index is 10.9. The van der Waals surface area contributed by atoms with E-state index in [0.717, 1.165) is 32.3 Å². The van der Waals surface area contributed by atoms with Crippen molar-refractivity contribution in [1.82, 2.24) is 9.78 Å². The molecule has 0 aromatic carbocycles. The van der Waals surface area contributed by atoms with Gasteiger partial charge in [-0.2, -0.15) is 5.10 Å². The number of hydrogen-bond acceptors (Lipinski definition) is 3. The Morgan fingerprint density at radius 3 is 2.94 bits per heavy atom. The number of ether oxygens (including phenoxy) is 1. The largest absolute Gasteiger partial charge is 0.478 e. The van der Waals surface area contributed by atoms with E-state index in [2.05, 4.69) is 5.10 Å². The zero-order valence-corrected chi connectivity index (χ0v) is 10.3. The standard InChI is InChI=1S/C13H18N2O3/c16-12(17)10-8-14-15(9-10)11-3-6-18-13(7-11)4-1-2-5-13/h8-9,11H,1-7H2,(H,16,17). The van der Waals surface area contributed by atoms with Crippen LogP contribution in [0.3, 0.4) is 0 Å². The van der Waals surface area contributed by atoms with Crippen LogP contribution in [0.1, 0.15) is 54.9 Å². The fourth-order valence-electron chi connectivity index (χ4n) is 3.24. The maximum Gasteiger partial charge on any atom is 0.338 e. The molecule has 0 bridgehead atoms. The lowest BCUT2D eigenvalue weighted by Crippen LogP contribution is -2.38. The first-order valence-electron chi connectivity index (χ1n) is 6.60. The van der Waals surface area contributed by atoms with E-state index in [-0.39, 0.29) is 17.2 Å². The molecule has 1 aliphatic heterocycles. The van der Waals surface area contributed by atoms with Crippen molar-refractivity contribution in [2.75, 3.05) is 6.61 Å². The summed E-state index contributed by atoms with van der Waals surface area (Å²) in [6.45, 7) is 0.757. The quantitative estimate of drug-likeness (QED) is 0.874. The number of carboxylic acid groups (broad SMARTS) is 1. The highest BCUT2D eigenvalue weighted by atomic mass is 16.5. The summed E-state index contributed by atoms with van der Waals surface area (Å²) in [5.41, 5.74) is 0.306. The van der Waals surface area contributed by atoms with Gasteiger partial charge in [-0.1, -0.05) is 12.8 Å². The lowest BCUT2D eigenvalue weighted by atomic mass is 9.89. The number of hydrogen-bond donors (Lipinski definition) is 1. The summed E-state index contributed by atoms with van der Waals surface area (Å²) < 4.78 is 7.79. The number of aromatic nitrogens is 2. The molecule has 1 aromatic rings. The summed E-state index contributed by atoms with van der Waals surface area (Å²) in [6, 6.07) is 0.282. The van der Waals surface area contributed by atoms with E-state index in [4.69, 9.17) is 9.84 Å². The van der Waals surface area contributed by atoms with Gasteiger partial charge < -0.3 is 9.84 Å². The number of nitrogens with zero attached hydrogens (tertiary/aromatic N) is 2. The number of aromatic carboxylic acids is 1. The van der Waals surface area contributed by atoms with Crippen LogP contribution in [0.2, 0.25) is 0 Å². The molecule has 2 fully saturated rings. The van der Waals surface area contributed by atoms with E-state index >= 15 is 0 Å². The van der Waals surface area contributed by atoms with E-state index in [1.807, 2.05) is 4.68 Å². The summed E-state index contributed by atoms with van der Waals surface area (Å²) in [4.78, 5) is 10.9. The fraction of sp³-hybridized carbons (Fsp3) is 0.692. The Balaban J connectivity index is 1.76. The van der Waals surface area contributed by atoms with Crippen molar-refractivity contribution in [1.29, 1.82) is 0 Å². The predicted octanol–water partition coefficient (Wildman–Crippen LogP) is 2.25. The second kappa shape index (κ2) is 4.39. The van der Waals surface area contributed by atoms with Crippen molar-refractivity contribution in [2.45, 2.75) is 50.2 Å². The molecule has 18 heavy (non-hydrogen) atoms. The van der Waals surface area contributed by atoms with Crippen molar-refractivity contribution in [3.8, 4) is 0 Å². The van der Waals surface area contributed by atoms with Gasteiger partial charge in [0.15, 0.2) is 0 Å². The zero-order valence-electron chi connectivity index (χ0n) is 10.3. The molecule has 5 heteroatoms. The van der Waals surface area contributed by atoms with Crippen LogP contribution in [0.4, 0.5) is 0 Å². The SMILES string of the molecule is O=C(O)c1cnn(C2CCOC3(CCCC3)C2)c1. The van der Waals surface area contributed by atoms with Crippen molar-refractivity contribution in [2.24, 2.45) is 0 Å². The third-order valence-corrected chi connectivity index (χ3v) is 4.20. The second-order valence-corrected chi connectivity index (χ2v) is 5.40. The lowest BCUT2D eigenvalue weighted by molar-refractivity contribution is -0.0909. The molecule has 0 radical (unpaired) electrons. The van der Waals surface area contributed by atoms with Crippen LogP contribution in [0.15, 0.2) is 12.4 Å². The van der Waals surface area contributed by atoms with Gasteiger partial charge in [0.25, 0.3) is 0 Å². The third kappa shape index (κ3) is 2.03. The summed E-state index contributed by atoms with van der Waals surface area (Å²) in [5.74, 6) is -0.913. The molecule has 0 amide bonds. The van der Waals surface area contributed by atoms with Crippen molar-refractivity contribution in [3.63, 3.8) is 0 Å². The van der Waals surface area contributed by atoms with Crippen LogP contribution in [-0.4, -0.2) is 33.1 Å². The summed E-state index contributed by atoms with van der Waals surface area (Å²) in [5, 5.41) is 13.1. The van der Waals surface area contributed by atoms with Gasteiger partial charge in [-0.3, -0.25) is 4.68 Å². The van der Waals surface area contributed by atoms with Crippen molar-refractivity contribution >= 4 is 5.97 Å². The van der Waals surface area contributed by atoms with E-state index in [1.165, 1.54) is 19.0 Å². The molecule has 1 saturated carbocycles. The molecule has 2 aliphatic rings. The van der Waals surface area contributed by atoms with Crippen LogP contribution in [0.25, 0.3) is 0 Å². The average Bonchev–Trinajstić information content (AvgIpc) is 2.98. The molecule has 1 aromatic heterocycles. The van der Waals surface area contributed by atoms with Crippen LogP contribution < -0.4 is 0 Å². The molecule has 1 unspecified atom stereocenters. The van der Waals surface area contributed by atoms with Gasteiger partial charge in [0.05, 0.1) is 23.4 Å². The number of carbonyl (C=O) groups is 1. The van der Waals surface area contributed by atoms with E-state index < -0.39 is 5.97 Å². The minimum atomic E-state index is -0.913.